The summed E-state index contributed by atoms with van der Waals surface area (Å²) in [5.41, 5.74) is 6.24. The molecule has 1 N–H and O–H groups in total. The zero-order valence-corrected chi connectivity index (χ0v) is 18.8. The van der Waals surface area contributed by atoms with Gasteiger partial charge in [-0.3, -0.25) is 4.79 Å². The fourth-order valence-electron chi connectivity index (χ4n) is 3.68. The second kappa shape index (κ2) is 9.53. The smallest absolute Gasteiger partial charge is 0.339 e. The first-order chi connectivity index (χ1) is 15.9. The molecule has 1 aromatic heterocycles. The van der Waals surface area contributed by atoms with Gasteiger partial charge < -0.3 is 10.1 Å². The molecule has 3 aromatic carbocycles. The molecule has 1 amide bonds. The number of hydrogen-bond donors (Lipinski definition) is 1. The average molecular weight is 440 g/mol. The maximum Gasteiger partial charge on any atom is 0.339 e. The van der Waals surface area contributed by atoms with E-state index >= 15 is 0 Å². The number of rotatable bonds is 6. The Morgan fingerprint density at radius 3 is 2.27 bits per heavy atom. The summed E-state index contributed by atoms with van der Waals surface area (Å²) in [5.74, 6) is -0.969. The molecule has 4 rings (SSSR count). The van der Waals surface area contributed by atoms with Crippen molar-refractivity contribution in [3.63, 3.8) is 0 Å². The molecule has 6 nitrogen and oxygen atoms in total. The number of aromatic nitrogens is 2. The number of benzene rings is 3. The van der Waals surface area contributed by atoms with E-state index in [4.69, 9.17) is 4.74 Å². The number of anilines is 1. The highest BCUT2D eigenvalue weighted by Crippen LogP contribution is 2.25. The Balaban J connectivity index is 1.45. The van der Waals surface area contributed by atoms with Crippen LogP contribution in [0.5, 0.6) is 0 Å². The van der Waals surface area contributed by atoms with Crippen LogP contribution in [-0.4, -0.2) is 28.3 Å². The van der Waals surface area contributed by atoms with Crippen molar-refractivity contribution in [2.45, 2.75) is 20.8 Å². The van der Waals surface area contributed by atoms with E-state index in [-0.39, 0.29) is 0 Å². The monoisotopic (exact) mass is 439 g/mol. The number of carbonyl (C=O) groups excluding carboxylic acids is 2. The average Bonchev–Trinajstić information content (AvgIpc) is 3.12. The summed E-state index contributed by atoms with van der Waals surface area (Å²) < 4.78 is 7.11. The number of hydrogen-bond acceptors (Lipinski definition) is 4. The van der Waals surface area contributed by atoms with Crippen molar-refractivity contribution in [3.8, 4) is 16.8 Å². The summed E-state index contributed by atoms with van der Waals surface area (Å²) in [5, 5.41) is 7.38. The van der Waals surface area contributed by atoms with Gasteiger partial charge in [-0.2, -0.15) is 5.10 Å². The highest BCUT2D eigenvalue weighted by Gasteiger charge is 2.18. The Kier molecular flexibility index (Phi) is 6.36. The van der Waals surface area contributed by atoms with Crippen LogP contribution in [0.25, 0.3) is 16.8 Å². The van der Waals surface area contributed by atoms with E-state index in [1.165, 1.54) is 0 Å². The standard InChI is InChI=1S/C27H25N3O3/c1-18-13-15-22(16-14-18)30-20(3)26(19(2)29-30)28-25(31)17-33-27(32)24-12-8-7-11-23(24)21-9-5-4-6-10-21/h4-16H,17H2,1-3H3,(H,28,31). The topological polar surface area (TPSA) is 73.2 Å². The summed E-state index contributed by atoms with van der Waals surface area (Å²) >= 11 is 0. The van der Waals surface area contributed by atoms with Gasteiger partial charge in [0.15, 0.2) is 6.61 Å². The fourth-order valence-corrected chi connectivity index (χ4v) is 3.68. The number of nitrogens with zero attached hydrogens (tertiary/aromatic N) is 2. The maximum absolute atomic E-state index is 12.7. The first kappa shape index (κ1) is 22.0. The SMILES string of the molecule is Cc1ccc(-n2nc(C)c(NC(=O)COC(=O)c3ccccc3-c3ccccc3)c2C)cc1. The number of aryl methyl sites for hydroxylation is 2. The lowest BCUT2D eigenvalue weighted by atomic mass is 10.00. The highest BCUT2D eigenvalue weighted by atomic mass is 16.5. The van der Waals surface area contributed by atoms with E-state index in [1.54, 1.807) is 16.8 Å². The van der Waals surface area contributed by atoms with Gasteiger partial charge in [0, 0.05) is 0 Å². The van der Waals surface area contributed by atoms with Crippen LogP contribution in [-0.2, 0) is 9.53 Å². The normalized spacial score (nSPS) is 10.6. The molecule has 0 aliphatic rings. The van der Waals surface area contributed by atoms with Gasteiger partial charge in [-0.25, -0.2) is 9.48 Å². The third-order valence-corrected chi connectivity index (χ3v) is 5.40. The largest absolute Gasteiger partial charge is 0.452 e. The second-order valence-corrected chi connectivity index (χ2v) is 7.83. The molecule has 33 heavy (non-hydrogen) atoms. The van der Waals surface area contributed by atoms with Crippen LogP contribution in [0.3, 0.4) is 0 Å². The predicted octanol–water partition coefficient (Wildman–Crippen LogP) is 5.26. The van der Waals surface area contributed by atoms with Crippen molar-refractivity contribution < 1.29 is 14.3 Å². The van der Waals surface area contributed by atoms with E-state index in [0.717, 1.165) is 28.1 Å². The van der Waals surface area contributed by atoms with E-state index in [2.05, 4.69) is 10.4 Å². The van der Waals surface area contributed by atoms with Crippen LogP contribution >= 0.6 is 0 Å². The van der Waals surface area contributed by atoms with Crippen LogP contribution in [0.2, 0.25) is 0 Å². The highest BCUT2D eigenvalue weighted by molar-refractivity contribution is 5.99. The zero-order chi connectivity index (χ0) is 23.4. The van der Waals surface area contributed by atoms with Crippen LogP contribution in [0.4, 0.5) is 5.69 Å². The molecule has 1 heterocycles. The minimum absolute atomic E-state index is 0.392. The molecule has 4 aromatic rings. The number of esters is 1. The van der Waals surface area contributed by atoms with Gasteiger partial charge in [-0.05, 0) is 50.1 Å². The molecule has 0 aliphatic heterocycles. The second-order valence-electron chi connectivity index (χ2n) is 7.83. The van der Waals surface area contributed by atoms with Crippen molar-refractivity contribution in [1.29, 1.82) is 0 Å². The fraction of sp³-hybridized carbons (Fsp3) is 0.148. The zero-order valence-electron chi connectivity index (χ0n) is 18.8. The summed E-state index contributed by atoms with van der Waals surface area (Å²) in [7, 11) is 0. The van der Waals surface area contributed by atoms with E-state index in [0.29, 0.717) is 16.9 Å². The summed E-state index contributed by atoms with van der Waals surface area (Å²) in [6, 6.07) is 24.8. The molecule has 0 radical (unpaired) electrons. The van der Waals surface area contributed by atoms with Gasteiger partial charge in [0.2, 0.25) is 0 Å². The van der Waals surface area contributed by atoms with Gasteiger partial charge in [0.05, 0.1) is 28.3 Å². The molecule has 0 atom stereocenters. The van der Waals surface area contributed by atoms with Crippen molar-refractivity contribution in [2.75, 3.05) is 11.9 Å². The number of ether oxygens (including phenoxy) is 1. The molecular formula is C27H25N3O3. The molecule has 0 spiro atoms. The third-order valence-electron chi connectivity index (χ3n) is 5.40. The van der Waals surface area contributed by atoms with Crippen molar-refractivity contribution in [3.05, 3.63) is 101 Å². The lowest BCUT2D eigenvalue weighted by molar-refractivity contribution is -0.119. The first-order valence-electron chi connectivity index (χ1n) is 10.7. The lowest BCUT2D eigenvalue weighted by Gasteiger charge is -2.10. The van der Waals surface area contributed by atoms with Crippen molar-refractivity contribution in [2.24, 2.45) is 0 Å². The van der Waals surface area contributed by atoms with Crippen molar-refractivity contribution in [1.82, 2.24) is 9.78 Å². The Morgan fingerprint density at radius 2 is 1.55 bits per heavy atom. The number of amides is 1. The molecule has 0 fully saturated rings. The quantitative estimate of drug-likeness (QED) is 0.416. The predicted molar refractivity (Wildman–Crippen MR) is 129 cm³/mol. The molecular weight excluding hydrogens is 414 g/mol. The summed E-state index contributed by atoms with van der Waals surface area (Å²) in [4.78, 5) is 25.3. The van der Waals surface area contributed by atoms with Gasteiger partial charge >= 0.3 is 5.97 Å². The van der Waals surface area contributed by atoms with E-state index in [9.17, 15) is 9.59 Å². The molecule has 0 saturated heterocycles. The van der Waals surface area contributed by atoms with Gasteiger partial charge in [0.1, 0.15) is 0 Å². The van der Waals surface area contributed by atoms with Gasteiger partial charge in [-0.1, -0.05) is 66.2 Å². The van der Waals surface area contributed by atoms with Crippen LogP contribution in [0.15, 0.2) is 78.9 Å². The van der Waals surface area contributed by atoms with Crippen LogP contribution in [0, 0.1) is 20.8 Å². The Labute approximate surface area is 192 Å². The molecule has 0 bridgehead atoms. The Morgan fingerprint density at radius 1 is 0.879 bits per heavy atom. The summed E-state index contributed by atoms with van der Waals surface area (Å²) in [6.07, 6.45) is 0. The maximum atomic E-state index is 12.7. The minimum atomic E-state index is -0.548. The van der Waals surface area contributed by atoms with Crippen LogP contribution in [0.1, 0.15) is 27.3 Å². The lowest BCUT2D eigenvalue weighted by Crippen LogP contribution is -2.21. The number of carbonyl (C=O) groups is 2. The molecule has 0 unspecified atom stereocenters. The first-order valence-corrected chi connectivity index (χ1v) is 10.7. The molecule has 166 valence electrons. The van der Waals surface area contributed by atoms with Crippen LogP contribution < -0.4 is 5.32 Å². The third kappa shape index (κ3) is 4.85. The molecule has 0 aliphatic carbocycles. The Bertz CT molecular complexity index is 1290. The molecule has 0 saturated carbocycles. The Hall–Kier alpha value is -4.19. The van der Waals surface area contributed by atoms with Gasteiger partial charge in [0.25, 0.3) is 5.91 Å². The molecule has 6 heteroatoms. The van der Waals surface area contributed by atoms with E-state index < -0.39 is 18.5 Å². The van der Waals surface area contributed by atoms with E-state index in [1.807, 2.05) is 87.5 Å². The number of nitrogens with one attached hydrogen (secondary N) is 1. The minimum Gasteiger partial charge on any atom is -0.452 e. The van der Waals surface area contributed by atoms with Gasteiger partial charge in [-0.15, -0.1) is 0 Å². The summed E-state index contributed by atoms with van der Waals surface area (Å²) in [6.45, 7) is 5.35. The van der Waals surface area contributed by atoms with Crippen molar-refractivity contribution >= 4 is 17.6 Å².